The molecule has 3 aromatic heterocycles. The molecule has 0 spiro atoms. The Bertz CT molecular complexity index is 1420. The molecular formula is C23H19N3O5. The van der Waals surface area contributed by atoms with Gasteiger partial charge in [0, 0.05) is 41.8 Å². The zero-order chi connectivity index (χ0) is 22.3. The van der Waals surface area contributed by atoms with Crippen molar-refractivity contribution in [1.29, 1.82) is 5.26 Å². The molecule has 4 aromatic rings. The molecule has 0 amide bonds. The molecule has 8 nitrogen and oxygen atoms in total. The average Bonchev–Trinajstić information content (AvgIpc) is 3.26. The number of aromatic nitrogens is 2. The first-order valence-electron chi connectivity index (χ1n) is 9.63. The van der Waals surface area contributed by atoms with Crippen molar-refractivity contribution in [2.24, 2.45) is 0 Å². The van der Waals surface area contributed by atoms with Crippen LogP contribution in [0.15, 0.2) is 50.3 Å². The minimum Gasteiger partial charge on any atom is -0.392 e. The number of nitrogens with zero attached hydrogens (tertiary/aromatic N) is 3. The third kappa shape index (κ3) is 3.51. The number of rotatable bonds is 4. The van der Waals surface area contributed by atoms with Crippen LogP contribution < -0.4 is 10.6 Å². The van der Waals surface area contributed by atoms with Crippen LogP contribution in [0.25, 0.3) is 22.2 Å². The molecule has 31 heavy (non-hydrogen) atoms. The topological polar surface area (TPSA) is 111 Å². The van der Waals surface area contributed by atoms with Crippen LogP contribution in [-0.4, -0.2) is 15.5 Å². The van der Waals surface area contributed by atoms with Crippen molar-refractivity contribution in [3.05, 3.63) is 69.7 Å². The van der Waals surface area contributed by atoms with Crippen molar-refractivity contribution in [3.8, 4) is 23.3 Å². The second-order valence-electron chi connectivity index (χ2n) is 7.41. The molecule has 0 radical (unpaired) electrons. The summed E-state index contributed by atoms with van der Waals surface area (Å²) in [6.07, 6.45) is 3.35. The number of aryl methyl sites for hydroxylation is 1. The maximum absolute atomic E-state index is 12.7. The average molecular weight is 417 g/mol. The van der Waals surface area contributed by atoms with E-state index >= 15 is 0 Å². The van der Waals surface area contributed by atoms with Crippen molar-refractivity contribution < 1.29 is 18.4 Å². The second kappa shape index (κ2) is 7.61. The summed E-state index contributed by atoms with van der Waals surface area (Å²) in [5, 5.41) is 10.4. The van der Waals surface area contributed by atoms with Crippen molar-refractivity contribution in [3.63, 3.8) is 0 Å². The Morgan fingerprint density at radius 1 is 1.23 bits per heavy atom. The van der Waals surface area contributed by atoms with Gasteiger partial charge in [-0.1, -0.05) is 6.07 Å². The van der Waals surface area contributed by atoms with Crippen LogP contribution in [0.4, 0.5) is 0 Å². The number of pyridine rings is 1. The quantitative estimate of drug-likeness (QED) is 0.448. The maximum Gasteiger partial charge on any atom is 0.521 e. The van der Waals surface area contributed by atoms with Gasteiger partial charge in [-0.25, -0.2) is 9.59 Å². The molecule has 0 bridgehead atoms. The molecule has 0 atom stereocenters. The third-order valence-corrected chi connectivity index (χ3v) is 5.09. The molecule has 156 valence electrons. The van der Waals surface area contributed by atoms with E-state index in [1.54, 1.807) is 6.92 Å². The lowest BCUT2D eigenvalue weighted by Gasteiger charge is -2.11. The van der Waals surface area contributed by atoms with Gasteiger partial charge in [0.15, 0.2) is 5.76 Å². The molecule has 0 N–H and O–H groups in total. The van der Waals surface area contributed by atoms with Gasteiger partial charge >= 0.3 is 17.7 Å². The van der Waals surface area contributed by atoms with Gasteiger partial charge in [0.1, 0.15) is 6.07 Å². The van der Waals surface area contributed by atoms with Crippen LogP contribution in [-0.2, 0) is 0 Å². The summed E-state index contributed by atoms with van der Waals surface area (Å²) in [6, 6.07) is 9.74. The first kappa shape index (κ1) is 20.2. The maximum atomic E-state index is 12.7. The Morgan fingerprint density at radius 2 is 2.00 bits per heavy atom. The van der Waals surface area contributed by atoms with Crippen LogP contribution in [0.5, 0.6) is 5.95 Å². The van der Waals surface area contributed by atoms with E-state index in [-0.39, 0.29) is 23.3 Å². The molecule has 1 aromatic carbocycles. The van der Waals surface area contributed by atoms with Gasteiger partial charge in [0.25, 0.3) is 0 Å². The van der Waals surface area contributed by atoms with E-state index in [2.05, 4.69) is 24.9 Å². The highest BCUT2D eigenvalue weighted by Crippen LogP contribution is 2.31. The van der Waals surface area contributed by atoms with E-state index in [9.17, 15) is 14.9 Å². The SMILES string of the molecule is Cc1oc(=O)oc1OC(=O)c1ccnc(-c2ccc3c(c2)c(C#N)cn3C(C)C)c1C. The molecule has 0 saturated carbocycles. The van der Waals surface area contributed by atoms with Gasteiger partial charge in [-0.2, -0.15) is 5.26 Å². The number of carbonyl (C=O) groups excluding carboxylic acids is 1. The van der Waals surface area contributed by atoms with Gasteiger partial charge in [0.2, 0.25) is 0 Å². The number of nitriles is 1. The first-order valence-corrected chi connectivity index (χ1v) is 9.63. The summed E-state index contributed by atoms with van der Waals surface area (Å²) in [6.45, 7) is 7.33. The summed E-state index contributed by atoms with van der Waals surface area (Å²) in [4.78, 5) is 28.3. The lowest BCUT2D eigenvalue weighted by Crippen LogP contribution is -2.11. The Hall–Kier alpha value is -4.12. The van der Waals surface area contributed by atoms with Crippen molar-refractivity contribution in [1.82, 2.24) is 9.55 Å². The van der Waals surface area contributed by atoms with E-state index in [0.717, 1.165) is 16.5 Å². The Morgan fingerprint density at radius 3 is 2.65 bits per heavy atom. The van der Waals surface area contributed by atoms with Crippen LogP contribution in [0.2, 0.25) is 0 Å². The van der Waals surface area contributed by atoms with Crippen molar-refractivity contribution in [2.45, 2.75) is 33.7 Å². The van der Waals surface area contributed by atoms with Crippen molar-refractivity contribution in [2.75, 3.05) is 0 Å². The summed E-state index contributed by atoms with van der Waals surface area (Å²) >= 11 is 0. The second-order valence-corrected chi connectivity index (χ2v) is 7.41. The van der Waals surface area contributed by atoms with Crippen LogP contribution in [0, 0.1) is 25.2 Å². The smallest absolute Gasteiger partial charge is 0.392 e. The molecule has 0 unspecified atom stereocenters. The highest BCUT2D eigenvalue weighted by Gasteiger charge is 2.20. The number of fused-ring (bicyclic) bond motifs is 1. The molecular weight excluding hydrogens is 398 g/mol. The predicted molar refractivity (Wildman–Crippen MR) is 112 cm³/mol. The normalized spacial score (nSPS) is 11.1. The predicted octanol–water partition coefficient (Wildman–Crippen LogP) is 4.54. The number of hydrogen-bond acceptors (Lipinski definition) is 7. The molecule has 4 rings (SSSR count). The summed E-state index contributed by atoms with van der Waals surface area (Å²) in [5.74, 6) is -1.83. The van der Waals surface area contributed by atoms with E-state index in [4.69, 9.17) is 13.6 Å². The lowest BCUT2D eigenvalue weighted by atomic mass is 10.0. The summed E-state index contributed by atoms with van der Waals surface area (Å²) < 4.78 is 16.7. The van der Waals surface area contributed by atoms with Gasteiger partial charge in [0.05, 0.1) is 16.8 Å². The number of ether oxygens (including phenoxy) is 1. The largest absolute Gasteiger partial charge is 0.521 e. The standard InChI is InChI=1S/C23H19N3O5/c1-12(2)26-11-16(10-24)18-9-15(5-6-19(18)26)20-13(3)17(7-8-25-20)21(27)30-22-14(4)29-23(28)31-22/h5-9,11-12H,1-4H3. The van der Waals surface area contributed by atoms with Gasteiger partial charge in [-0.05, 0) is 44.5 Å². The Kier molecular flexibility index (Phi) is 4.95. The number of esters is 1. The third-order valence-electron chi connectivity index (χ3n) is 5.09. The number of hydrogen-bond donors (Lipinski definition) is 0. The van der Waals surface area contributed by atoms with Crippen molar-refractivity contribution >= 4 is 16.9 Å². The summed E-state index contributed by atoms with van der Waals surface area (Å²) in [5.41, 5.74) is 3.75. The Labute approximate surface area is 177 Å². The molecule has 0 aliphatic heterocycles. The van der Waals surface area contributed by atoms with Crippen LogP contribution >= 0.6 is 0 Å². The van der Waals surface area contributed by atoms with E-state index in [1.807, 2.05) is 29.0 Å². The minimum absolute atomic E-state index is 0.0782. The molecule has 0 aliphatic carbocycles. The fraction of sp³-hybridized carbons (Fsp3) is 0.217. The minimum atomic E-state index is -0.942. The number of carbonyl (C=O) groups is 1. The van der Waals surface area contributed by atoms with E-state index < -0.39 is 11.8 Å². The first-order chi connectivity index (χ1) is 14.8. The van der Waals surface area contributed by atoms with Crippen LogP contribution in [0.3, 0.4) is 0 Å². The molecule has 0 aliphatic rings. The fourth-order valence-corrected chi connectivity index (χ4v) is 3.53. The Balaban J connectivity index is 1.76. The van der Waals surface area contributed by atoms with Gasteiger partial charge in [-0.3, -0.25) is 4.98 Å². The fourth-order valence-electron chi connectivity index (χ4n) is 3.53. The molecule has 0 fully saturated rings. The van der Waals surface area contributed by atoms with Crippen LogP contribution in [0.1, 0.15) is 47.1 Å². The van der Waals surface area contributed by atoms with E-state index in [1.165, 1.54) is 19.2 Å². The number of benzene rings is 1. The molecule has 0 saturated heterocycles. The lowest BCUT2D eigenvalue weighted by molar-refractivity contribution is 0.0689. The molecule has 3 heterocycles. The van der Waals surface area contributed by atoms with E-state index in [0.29, 0.717) is 16.8 Å². The zero-order valence-electron chi connectivity index (χ0n) is 17.4. The molecule has 8 heteroatoms. The van der Waals surface area contributed by atoms with Gasteiger partial charge < -0.3 is 18.1 Å². The summed E-state index contributed by atoms with van der Waals surface area (Å²) in [7, 11) is 0. The van der Waals surface area contributed by atoms with Gasteiger partial charge in [-0.15, -0.1) is 0 Å². The highest BCUT2D eigenvalue weighted by atomic mass is 16.7. The monoisotopic (exact) mass is 417 g/mol. The zero-order valence-corrected chi connectivity index (χ0v) is 17.4. The highest BCUT2D eigenvalue weighted by molar-refractivity contribution is 5.95.